The van der Waals surface area contributed by atoms with Crippen LogP contribution in [0.3, 0.4) is 0 Å². The van der Waals surface area contributed by atoms with Gasteiger partial charge in [-0.3, -0.25) is 9.69 Å². The minimum atomic E-state index is 0.0527. The molecule has 2 heterocycles. The van der Waals surface area contributed by atoms with Crippen LogP contribution < -0.4 is 5.32 Å². The van der Waals surface area contributed by atoms with E-state index in [1.807, 2.05) is 36.4 Å². The number of carbonyl (C=O) groups excluding carboxylic acids is 1. The molecule has 0 bridgehead atoms. The maximum absolute atomic E-state index is 12.7. The number of para-hydroxylation sites is 2. The summed E-state index contributed by atoms with van der Waals surface area (Å²) in [6, 6.07) is 18.4. The van der Waals surface area contributed by atoms with E-state index in [4.69, 9.17) is 4.98 Å². The van der Waals surface area contributed by atoms with Crippen LogP contribution in [-0.4, -0.2) is 33.4 Å². The number of aromatic nitrogens is 2. The first-order valence-corrected chi connectivity index (χ1v) is 10.2. The second-order valence-corrected chi connectivity index (χ2v) is 7.54. The molecule has 4 rings (SSSR count). The first kappa shape index (κ1) is 18.7. The van der Waals surface area contributed by atoms with Crippen LogP contribution in [0.15, 0.2) is 54.6 Å². The predicted molar refractivity (Wildman–Crippen MR) is 112 cm³/mol. The van der Waals surface area contributed by atoms with E-state index in [9.17, 15) is 4.79 Å². The number of piperidine rings is 1. The number of hydrogen-bond donors (Lipinski definition) is 1. The molecular weight excluding hydrogens is 348 g/mol. The zero-order valence-corrected chi connectivity index (χ0v) is 16.5. The minimum absolute atomic E-state index is 0.0527. The third kappa shape index (κ3) is 4.09. The highest BCUT2D eigenvalue weighted by Gasteiger charge is 2.26. The van der Waals surface area contributed by atoms with Gasteiger partial charge in [-0.05, 0) is 44.0 Å². The zero-order valence-electron chi connectivity index (χ0n) is 16.5. The molecule has 146 valence electrons. The smallest absolute Gasteiger partial charge is 0.224 e. The summed E-state index contributed by atoms with van der Waals surface area (Å²) in [4.78, 5) is 19.9. The highest BCUT2D eigenvalue weighted by molar-refractivity contribution is 5.79. The van der Waals surface area contributed by atoms with E-state index in [0.29, 0.717) is 6.54 Å². The Balaban J connectivity index is 1.39. The molecule has 5 heteroatoms. The van der Waals surface area contributed by atoms with Gasteiger partial charge < -0.3 is 9.88 Å². The standard InChI is InChI=1S/C23H28N4O/c1-2-27-21-13-7-6-12-20(21)25-22(27)17-26-14-8-11-19(16-26)23(28)24-15-18-9-4-3-5-10-18/h3-7,9-10,12-13,19H,2,8,11,14-17H2,1H3,(H,24,28)/t19-/m0/s1. The number of nitrogens with zero attached hydrogens (tertiary/aromatic N) is 3. The molecule has 0 saturated carbocycles. The summed E-state index contributed by atoms with van der Waals surface area (Å²) in [5, 5.41) is 3.11. The fourth-order valence-electron chi connectivity index (χ4n) is 4.14. The number of imidazole rings is 1. The maximum Gasteiger partial charge on any atom is 0.224 e. The first-order valence-electron chi connectivity index (χ1n) is 10.2. The molecule has 2 aromatic carbocycles. The van der Waals surface area contributed by atoms with Gasteiger partial charge in [0.05, 0.1) is 23.5 Å². The lowest BCUT2D eigenvalue weighted by Gasteiger charge is -2.31. The van der Waals surface area contributed by atoms with E-state index in [1.165, 1.54) is 5.52 Å². The third-order valence-electron chi connectivity index (χ3n) is 5.60. The maximum atomic E-state index is 12.7. The Morgan fingerprint density at radius 2 is 1.93 bits per heavy atom. The molecule has 1 saturated heterocycles. The van der Waals surface area contributed by atoms with E-state index in [2.05, 4.69) is 39.9 Å². The quantitative estimate of drug-likeness (QED) is 0.715. The van der Waals surface area contributed by atoms with E-state index < -0.39 is 0 Å². The van der Waals surface area contributed by atoms with Crippen molar-refractivity contribution in [1.82, 2.24) is 19.8 Å². The summed E-state index contributed by atoms with van der Waals surface area (Å²) >= 11 is 0. The van der Waals surface area contributed by atoms with Crippen LogP contribution in [0.5, 0.6) is 0 Å². The Bertz CT molecular complexity index is 934. The Kier molecular flexibility index (Phi) is 5.72. The molecule has 5 nitrogen and oxygen atoms in total. The van der Waals surface area contributed by atoms with Gasteiger partial charge in [0.15, 0.2) is 0 Å². The molecule has 1 fully saturated rings. The lowest BCUT2D eigenvalue weighted by Crippen LogP contribution is -2.42. The Hall–Kier alpha value is -2.66. The minimum Gasteiger partial charge on any atom is -0.352 e. The van der Waals surface area contributed by atoms with Crippen molar-refractivity contribution in [1.29, 1.82) is 0 Å². The van der Waals surface area contributed by atoms with E-state index in [0.717, 1.165) is 55.9 Å². The largest absolute Gasteiger partial charge is 0.352 e. The molecular formula is C23H28N4O. The fraction of sp³-hybridized carbons (Fsp3) is 0.391. The number of aryl methyl sites for hydroxylation is 1. The monoisotopic (exact) mass is 376 g/mol. The van der Waals surface area contributed by atoms with Crippen LogP contribution in [0, 0.1) is 5.92 Å². The van der Waals surface area contributed by atoms with Crippen LogP contribution in [0.4, 0.5) is 0 Å². The zero-order chi connectivity index (χ0) is 19.3. The van der Waals surface area contributed by atoms with E-state index >= 15 is 0 Å². The lowest BCUT2D eigenvalue weighted by molar-refractivity contribution is -0.127. The van der Waals surface area contributed by atoms with Crippen LogP contribution in [0.2, 0.25) is 0 Å². The van der Waals surface area contributed by atoms with E-state index in [1.54, 1.807) is 0 Å². The first-order chi connectivity index (χ1) is 13.7. The van der Waals surface area contributed by atoms with Crippen molar-refractivity contribution in [2.24, 2.45) is 5.92 Å². The van der Waals surface area contributed by atoms with Crippen molar-refractivity contribution in [2.45, 2.75) is 39.4 Å². The summed E-state index contributed by atoms with van der Waals surface area (Å²) in [7, 11) is 0. The molecule has 0 radical (unpaired) electrons. The van der Waals surface area contributed by atoms with Crippen molar-refractivity contribution < 1.29 is 4.79 Å². The average molecular weight is 377 g/mol. The van der Waals surface area contributed by atoms with Gasteiger partial charge in [-0.1, -0.05) is 42.5 Å². The molecule has 0 spiro atoms. The second kappa shape index (κ2) is 8.57. The number of nitrogens with one attached hydrogen (secondary N) is 1. The van der Waals surface area contributed by atoms with Gasteiger partial charge in [0.25, 0.3) is 0 Å². The molecule has 3 aromatic rings. The Morgan fingerprint density at radius 3 is 2.75 bits per heavy atom. The Morgan fingerprint density at radius 1 is 1.14 bits per heavy atom. The van der Waals surface area contributed by atoms with Crippen LogP contribution >= 0.6 is 0 Å². The van der Waals surface area contributed by atoms with Crippen molar-refractivity contribution >= 4 is 16.9 Å². The lowest BCUT2D eigenvalue weighted by atomic mass is 9.97. The highest BCUT2D eigenvalue weighted by Crippen LogP contribution is 2.21. The molecule has 1 aliphatic rings. The second-order valence-electron chi connectivity index (χ2n) is 7.54. The number of hydrogen-bond acceptors (Lipinski definition) is 3. The van der Waals surface area contributed by atoms with Crippen LogP contribution in [0.1, 0.15) is 31.2 Å². The summed E-state index contributed by atoms with van der Waals surface area (Å²) in [6.45, 7) is 6.29. The van der Waals surface area contributed by atoms with Gasteiger partial charge in [-0.25, -0.2) is 4.98 Å². The van der Waals surface area contributed by atoms with Crippen molar-refractivity contribution in [3.63, 3.8) is 0 Å². The SMILES string of the molecule is CCn1c(CN2CCC[C@H](C(=O)NCc3ccccc3)C2)nc2ccccc21. The number of fused-ring (bicyclic) bond motifs is 1. The number of carbonyl (C=O) groups is 1. The fourth-order valence-corrected chi connectivity index (χ4v) is 4.14. The number of benzene rings is 2. The average Bonchev–Trinajstić information content (AvgIpc) is 3.09. The molecule has 28 heavy (non-hydrogen) atoms. The van der Waals surface area contributed by atoms with Crippen molar-refractivity contribution in [3.8, 4) is 0 Å². The molecule has 1 aliphatic heterocycles. The van der Waals surface area contributed by atoms with Crippen molar-refractivity contribution in [2.75, 3.05) is 13.1 Å². The Labute approximate surface area is 166 Å². The van der Waals surface area contributed by atoms with Gasteiger partial charge >= 0.3 is 0 Å². The summed E-state index contributed by atoms with van der Waals surface area (Å²) in [5.41, 5.74) is 3.38. The topological polar surface area (TPSA) is 50.2 Å². The third-order valence-corrected chi connectivity index (χ3v) is 5.60. The van der Waals surface area contributed by atoms with Crippen LogP contribution in [0.25, 0.3) is 11.0 Å². The van der Waals surface area contributed by atoms with Crippen LogP contribution in [-0.2, 0) is 24.4 Å². The summed E-state index contributed by atoms with van der Waals surface area (Å²) in [6.07, 6.45) is 2.01. The van der Waals surface area contributed by atoms with Gasteiger partial charge in [0.2, 0.25) is 5.91 Å². The molecule has 1 atom stereocenters. The van der Waals surface area contributed by atoms with Gasteiger partial charge in [0.1, 0.15) is 5.82 Å². The van der Waals surface area contributed by atoms with Crippen molar-refractivity contribution in [3.05, 3.63) is 66.0 Å². The predicted octanol–water partition coefficient (Wildman–Crippen LogP) is 3.58. The molecule has 1 amide bonds. The number of likely N-dealkylation sites (tertiary alicyclic amines) is 1. The number of rotatable bonds is 6. The highest BCUT2D eigenvalue weighted by atomic mass is 16.1. The van der Waals surface area contributed by atoms with Gasteiger partial charge in [0, 0.05) is 19.6 Å². The summed E-state index contributed by atoms with van der Waals surface area (Å²) < 4.78 is 2.29. The molecule has 0 aliphatic carbocycles. The molecule has 1 N–H and O–H groups in total. The van der Waals surface area contributed by atoms with E-state index in [-0.39, 0.29) is 11.8 Å². The normalized spacial score (nSPS) is 17.7. The molecule has 0 unspecified atom stereocenters. The van der Waals surface area contributed by atoms with Gasteiger partial charge in [-0.2, -0.15) is 0 Å². The summed E-state index contributed by atoms with van der Waals surface area (Å²) in [5.74, 6) is 1.31. The van der Waals surface area contributed by atoms with Gasteiger partial charge in [-0.15, -0.1) is 0 Å². The number of amides is 1. The molecule has 1 aromatic heterocycles.